The number of rotatable bonds is 2. The first-order valence-electron chi connectivity index (χ1n) is 11.9. The Labute approximate surface area is 204 Å². The number of halogens is 3. The van der Waals surface area contributed by atoms with Crippen LogP contribution in [0.15, 0.2) is 52.7 Å². The lowest BCUT2D eigenvalue weighted by Crippen LogP contribution is -2.43. The molecule has 1 aliphatic carbocycles. The molecule has 2 atom stereocenters. The van der Waals surface area contributed by atoms with E-state index in [9.17, 15) is 18.0 Å². The van der Waals surface area contributed by atoms with Gasteiger partial charge in [-0.25, -0.2) is 4.79 Å². The molecule has 1 aromatic rings. The summed E-state index contributed by atoms with van der Waals surface area (Å²) in [4.78, 5) is 21.1. The summed E-state index contributed by atoms with van der Waals surface area (Å²) >= 11 is 0. The number of carbonyl (C=O) groups excluding carboxylic acids is 1. The Hall–Kier alpha value is -2.97. The van der Waals surface area contributed by atoms with E-state index in [-0.39, 0.29) is 18.1 Å². The van der Waals surface area contributed by atoms with Crippen molar-refractivity contribution in [2.24, 2.45) is 4.99 Å². The van der Waals surface area contributed by atoms with Gasteiger partial charge in [-0.15, -0.1) is 0 Å². The summed E-state index contributed by atoms with van der Waals surface area (Å²) < 4.78 is 50.4. The topological polar surface area (TPSA) is 54.4 Å². The fourth-order valence-corrected chi connectivity index (χ4v) is 4.56. The third-order valence-electron chi connectivity index (χ3n) is 6.40. The molecule has 2 aliphatic heterocycles. The average molecular weight is 492 g/mol. The lowest BCUT2D eigenvalue weighted by molar-refractivity contribution is -0.137. The van der Waals surface area contributed by atoms with Gasteiger partial charge in [0.15, 0.2) is 0 Å². The highest BCUT2D eigenvalue weighted by molar-refractivity contribution is 6.02. The van der Waals surface area contributed by atoms with E-state index >= 15 is 0 Å². The van der Waals surface area contributed by atoms with E-state index in [4.69, 9.17) is 14.5 Å². The first kappa shape index (κ1) is 25.1. The maximum Gasteiger partial charge on any atom is 0.416 e. The number of hydrogen-bond acceptors (Lipinski definition) is 5. The summed E-state index contributed by atoms with van der Waals surface area (Å²) in [5.74, 6) is 1.49. The van der Waals surface area contributed by atoms with E-state index in [1.165, 1.54) is 0 Å². The van der Waals surface area contributed by atoms with Gasteiger partial charge in [-0.2, -0.15) is 13.2 Å². The van der Waals surface area contributed by atoms with Gasteiger partial charge in [-0.3, -0.25) is 4.99 Å². The fraction of sp³-hybridized carbons (Fsp3) is 0.538. The van der Waals surface area contributed by atoms with Gasteiger partial charge in [0.25, 0.3) is 0 Å². The molecule has 1 fully saturated rings. The van der Waals surface area contributed by atoms with Crippen molar-refractivity contribution in [1.82, 2.24) is 9.80 Å². The Morgan fingerprint density at radius 1 is 1.20 bits per heavy atom. The average Bonchev–Trinajstić information content (AvgIpc) is 3.17. The van der Waals surface area contributed by atoms with Gasteiger partial charge in [0.05, 0.1) is 23.7 Å². The van der Waals surface area contributed by atoms with Crippen molar-refractivity contribution in [2.75, 3.05) is 33.3 Å². The fourth-order valence-electron chi connectivity index (χ4n) is 4.56. The first-order valence-corrected chi connectivity index (χ1v) is 11.9. The Kier molecular flexibility index (Phi) is 6.88. The SMILES string of the molecule is CN(C(=O)OC(C)(C)C)[C@H]1CCN(C2=NCCOC3=CCC(c4ccc(C(F)(F)F)cc4)C=C32)C1. The number of amides is 1. The normalized spacial score (nSPS) is 22.8. The van der Waals surface area contributed by atoms with Crippen LogP contribution < -0.4 is 0 Å². The maximum atomic E-state index is 13.0. The highest BCUT2D eigenvalue weighted by Crippen LogP contribution is 2.36. The number of nitrogens with zero attached hydrogens (tertiary/aromatic N) is 3. The molecule has 35 heavy (non-hydrogen) atoms. The van der Waals surface area contributed by atoms with Crippen LogP contribution in [-0.2, 0) is 15.7 Å². The lowest BCUT2D eigenvalue weighted by Gasteiger charge is -2.30. The van der Waals surface area contributed by atoms with E-state index in [1.807, 2.05) is 32.9 Å². The molecule has 4 rings (SSSR count). The zero-order valence-corrected chi connectivity index (χ0v) is 20.6. The number of carbonyl (C=O) groups is 1. The molecule has 190 valence electrons. The minimum absolute atomic E-state index is 0.0148. The van der Waals surface area contributed by atoms with Gasteiger partial charge in [-0.05, 0) is 57.4 Å². The second-order valence-electron chi connectivity index (χ2n) is 10.1. The number of allylic oxidation sites excluding steroid dienone is 2. The van der Waals surface area contributed by atoms with Crippen molar-refractivity contribution in [3.05, 3.63) is 58.9 Å². The summed E-state index contributed by atoms with van der Waals surface area (Å²) in [7, 11) is 1.76. The standard InChI is InChI=1S/C26H32F3N3O3/c1-25(2,3)35-24(33)31(4)20-11-13-32(16-20)23-21-15-18(7-10-22(21)34-14-12-30-23)17-5-8-19(9-6-17)26(27,28)29/h5-6,8-10,15,18,20H,7,11-14,16H2,1-4H3/t18?,20-/m0/s1. The molecule has 0 bridgehead atoms. The van der Waals surface area contributed by atoms with Crippen LogP contribution in [0.25, 0.3) is 0 Å². The van der Waals surface area contributed by atoms with Crippen LogP contribution >= 0.6 is 0 Å². The van der Waals surface area contributed by atoms with E-state index in [1.54, 1.807) is 24.1 Å². The lowest BCUT2D eigenvalue weighted by atomic mass is 9.88. The largest absolute Gasteiger partial charge is 0.491 e. The molecule has 1 unspecified atom stereocenters. The van der Waals surface area contributed by atoms with E-state index < -0.39 is 17.3 Å². The molecule has 1 amide bonds. The number of alkyl halides is 3. The van der Waals surface area contributed by atoms with Crippen molar-refractivity contribution < 1.29 is 27.4 Å². The Morgan fingerprint density at radius 2 is 1.91 bits per heavy atom. The molecule has 3 aliphatic rings. The van der Waals surface area contributed by atoms with Crippen LogP contribution in [0.5, 0.6) is 0 Å². The Balaban J connectivity index is 1.52. The molecule has 0 radical (unpaired) electrons. The summed E-state index contributed by atoms with van der Waals surface area (Å²) in [6, 6.07) is 5.32. The number of likely N-dealkylation sites (tertiary alicyclic amines) is 1. The summed E-state index contributed by atoms with van der Waals surface area (Å²) in [5.41, 5.74) is 0.456. The maximum absolute atomic E-state index is 13.0. The number of amidine groups is 1. The zero-order valence-electron chi connectivity index (χ0n) is 20.6. The van der Waals surface area contributed by atoms with Gasteiger partial charge < -0.3 is 19.3 Å². The minimum Gasteiger partial charge on any atom is -0.491 e. The number of aliphatic imine (C=N–C) groups is 1. The smallest absolute Gasteiger partial charge is 0.416 e. The van der Waals surface area contributed by atoms with E-state index in [0.29, 0.717) is 26.1 Å². The highest BCUT2D eigenvalue weighted by atomic mass is 19.4. The predicted molar refractivity (Wildman–Crippen MR) is 127 cm³/mol. The van der Waals surface area contributed by atoms with E-state index in [2.05, 4.69) is 4.90 Å². The van der Waals surface area contributed by atoms with Gasteiger partial charge >= 0.3 is 12.3 Å². The number of fused-ring (bicyclic) bond motifs is 1. The zero-order chi connectivity index (χ0) is 25.4. The second-order valence-corrected chi connectivity index (χ2v) is 10.1. The van der Waals surface area contributed by atoms with Gasteiger partial charge in [0.2, 0.25) is 0 Å². The molecule has 6 nitrogen and oxygen atoms in total. The third kappa shape index (κ3) is 5.82. The van der Waals surface area contributed by atoms with Crippen LogP contribution in [0.3, 0.4) is 0 Å². The minimum atomic E-state index is -4.36. The molecule has 9 heteroatoms. The van der Waals surface area contributed by atoms with E-state index in [0.717, 1.165) is 47.8 Å². The quantitative estimate of drug-likeness (QED) is 0.558. The number of benzene rings is 1. The Bertz CT molecular complexity index is 1040. The van der Waals surface area contributed by atoms with Crippen molar-refractivity contribution in [3.63, 3.8) is 0 Å². The van der Waals surface area contributed by atoms with Crippen LogP contribution in [-0.4, -0.2) is 66.7 Å². The molecule has 0 aromatic heterocycles. The molecule has 2 heterocycles. The molecular weight excluding hydrogens is 459 g/mol. The molecule has 0 saturated carbocycles. The van der Waals surface area contributed by atoms with Gasteiger partial charge in [0.1, 0.15) is 23.8 Å². The third-order valence-corrected chi connectivity index (χ3v) is 6.40. The van der Waals surface area contributed by atoms with Crippen LogP contribution in [0, 0.1) is 0 Å². The monoisotopic (exact) mass is 491 g/mol. The molecule has 1 saturated heterocycles. The Morgan fingerprint density at radius 3 is 2.57 bits per heavy atom. The van der Waals surface area contributed by atoms with Crippen LogP contribution in [0.2, 0.25) is 0 Å². The van der Waals surface area contributed by atoms with Crippen LogP contribution in [0.4, 0.5) is 18.0 Å². The number of likely N-dealkylation sites (N-methyl/N-ethyl adjacent to an activating group) is 1. The van der Waals surface area contributed by atoms with Crippen LogP contribution in [0.1, 0.15) is 50.7 Å². The van der Waals surface area contributed by atoms with Gasteiger partial charge in [-0.1, -0.05) is 18.2 Å². The molecule has 1 aromatic carbocycles. The highest BCUT2D eigenvalue weighted by Gasteiger charge is 2.35. The molecule has 0 spiro atoms. The first-order chi connectivity index (χ1) is 16.4. The van der Waals surface area contributed by atoms with Crippen molar-refractivity contribution >= 4 is 11.9 Å². The predicted octanol–water partition coefficient (Wildman–Crippen LogP) is 5.37. The van der Waals surface area contributed by atoms with Crippen molar-refractivity contribution in [3.8, 4) is 0 Å². The summed E-state index contributed by atoms with van der Waals surface area (Å²) in [6.07, 6.45) is 0.762. The van der Waals surface area contributed by atoms with Crippen molar-refractivity contribution in [1.29, 1.82) is 0 Å². The second kappa shape index (κ2) is 9.59. The summed E-state index contributed by atoms with van der Waals surface area (Å²) in [5, 5.41) is 0. The van der Waals surface area contributed by atoms with Crippen molar-refractivity contribution in [2.45, 2.75) is 57.3 Å². The number of ether oxygens (including phenoxy) is 2. The number of hydrogen-bond donors (Lipinski definition) is 0. The summed E-state index contributed by atoms with van der Waals surface area (Å²) in [6.45, 7) is 7.85. The van der Waals surface area contributed by atoms with Gasteiger partial charge in [0, 0.05) is 26.1 Å². The molecule has 0 N–H and O–H groups in total. The molecular formula is C26H32F3N3O3.